The number of phenolic OH excluding ortho intramolecular Hbond substituents is 2. The Kier molecular flexibility index (Phi) is 5.93. The Bertz CT molecular complexity index is 914. The van der Waals surface area contributed by atoms with Crippen LogP contribution in [-0.4, -0.2) is 34.9 Å². The van der Waals surface area contributed by atoms with Crippen molar-refractivity contribution >= 4 is 15.9 Å². The first-order valence-corrected chi connectivity index (χ1v) is 11.2. The molecule has 0 fully saturated rings. The second-order valence-electron chi connectivity index (χ2n) is 7.82. The van der Waals surface area contributed by atoms with E-state index in [0.29, 0.717) is 24.7 Å². The molecule has 0 saturated heterocycles. The molecule has 0 aliphatic carbocycles. The van der Waals surface area contributed by atoms with Crippen LogP contribution in [0.2, 0.25) is 0 Å². The van der Waals surface area contributed by atoms with Gasteiger partial charge in [0.05, 0.1) is 13.2 Å². The second kappa shape index (κ2) is 8.44. The Morgan fingerprint density at radius 1 is 1.03 bits per heavy atom. The van der Waals surface area contributed by atoms with Crippen molar-refractivity contribution in [2.45, 2.75) is 52.1 Å². The zero-order chi connectivity index (χ0) is 20.5. The normalized spacial score (nSPS) is 18.0. The molecule has 6 heteroatoms. The molecular formula is C23H28BrNO4. The standard InChI is InChI=1S/C23H28BrNO4/c1-3-7-28-22-9-14-5-6-25-13-17-16(10-19(25)15(14)11-20(22)26)18(24)12-21(27)23(17)29-8-4-2/h9,11-12,19,26-27H,3-8,10,13H2,1-2H3/t19-/m0/s1. The Balaban J connectivity index is 1.70. The molecule has 0 bridgehead atoms. The maximum atomic E-state index is 10.5. The lowest BCUT2D eigenvalue weighted by atomic mass is 9.83. The van der Waals surface area contributed by atoms with Gasteiger partial charge in [-0.25, -0.2) is 0 Å². The van der Waals surface area contributed by atoms with Crippen LogP contribution in [-0.2, 0) is 19.4 Å². The monoisotopic (exact) mass is 461 g/mol. The van der Waals surface area contributed by atoms with Crippen LogP contribution >= 0.6 is 15.9 Å². The van der Waals surface area contributed by atoms with Crippen molar-refractivity contribution in [2.75, 3.05) is 19.8 Å². The van der Waals surface area contributed by atoms with Gasteiger partial charge < -0.3 is 19.7 Å². The second-order valence-corrected chi connectivity index (χ2v) is 8.67. The van der Waals surface area contributed by atoms with Crippen LogP contribution in [0.1, 0.15) is 55.0 Å². The van der Waals surface area contributed by atoms with Crippen molar-refractivity contribution < 1.29 is 19.7 Å². The molecule has 4 rings (SSSR count). The van der Waals surface area contributed by atoms with Crippen LogP contribution in [0.15, 0.2) is 22.7 Å². The molecule has 156 valence electrons. The number of rotatable bonds is 6. The summed E-state index contributed by atoms with van der Waals surface area (Å²) in [5, 5.41) is 21.0. The number of fused-ring (bicyclic) bond motifs is 4. The molecule has 5 nitrogen and oxygen atoms in total. The first kappa shape index (κ1) is 20.4. The lowest BCUT2D eigenvalue weighted by Crippen LogP contribution is -2.39. The van der Waals surface area contributed by atoms with E-state index in [9.17, 15) is 10.2 Å². The summed E-state index contributed by atoms with van der Waals surface area (Å²) < 4.78 is 12.5. The van der Waals surface area contributed by atoms with Crippen LogP contribution in [0, 0.1) is 0 Å². The predicted octanol–water partition coefficient (Wildman–Crippen LogP) is 5.09. The number of phenols is 2. The van der Waals surface area contributed by atoms with E-state index in [1.54, 1.807) is 6.07 Å². The fraction of sp³-hybridized carbons (Fsp3) is 0.478. The van der Waals surface area contributed by atoms with Crippen molar-refractivity contribution in [3.63, 3.8) is 0 Å². The Labute approximate surface area is 180 Å². The van der Waals surface area contributed by atoms with E-state index in [-0.39, 0.29) is 17.5 Å². The Hall–Kier alpha value is -1.92. The highest BCUT2D eigenvalue weighted by Crippen LogP contribution is 2.47. The molecule has 2 aliphatic heterocycles. The van der Waals surface area contributed by atoms with E-state index >= 15 is 0 Å². The molecular weight excluding hydrogens is 434 g/mol. The van der Waals surface area contributed by atoms with Gasteiger partial charge in [0, 0.05) is 29.2 Å². The molecule has 1 atom stereocenters. The fourth-order valence-corrected chi connectivity index (χ4v) is 5.00. The lowest BCUT2D eigenvalue weighted by molar-refractivity contribution is 0.155. The molecule has 0 radical (unpaired) electrons. The van der Waals surface area contributed by atoms with E-state index in [2.05, 4.69) is 34.7 Å². The van der Waals surface area contributed by atoms with Gasteiger partial charge in [0.25, 0.3) is 0 Å². The molecule has 0 amide bonds. The van der Waals surface area contributed by atoms with Crippen LogP contribution < -0.4 is 9.47 Å². The van der Waals surface area contributed by atoms with Crippen molar-refractivity contribution in [1.29, 1.82) is 0 Å². The minimum absolute atomic E-state index is 0.190. The number of benzene rings is 2. The van der Waals surface area contributed by atoms with E-state index in [1.807, 2.05) is 12.1 Å². The first-order chi connectivity index (χ1) is 14.0. The molecule has 0 aromatic heterocycles. The summed E-state index contributed by atoms with van der Waals surface area (Å²) >= 11 is 3.64. The van der Waals surface area contributed by atoms with Crippen molar-refractivity contribution in [3.05, 3.63) is 44.9 Å². The minimum Gasteiger partial charge on any atom is -0.504 e. The van der Waals surface area contributed by atoms with Crippen molar-refractivity contribution in [3.8, 4) is 23.0 Å². The quantitative estimate of drug-likeness (QED) is 0.626. The molecule has 0 spiro atoms. The van der Waals surface area contributed by atoms with Gasteiger partial charge in [0.2, 0.25) is 0 Å². The average Bonchev–Trinajstić information content (AvgIpc) is 2.71. The largest absolute Gasteiger partial charge is 0.504 e. The molecule has 2 heterocycles. The van der Waals surface area contributed by atoms with E-state index in [1.165, 1.54) is 16.7 Å². The summed E-state index contributed by atoms with van der Waals surface area (Å²) in [6, 6.07) is 5.82. The van der Waals surface area contributed by atoms with Crippen LogP contribution in [0.3, 0.4) is 0 Å². The molecule has 2 aliphatic rings. The van der Waals surface area contributed by atoms with Gasteiger partial charge in [0.1, 0.15) is 0 Å². The minimum atomic E-state index is 0.190. The smallest absolute Gasteiger partial charge is 0.165 e. The van der Waals surface area contributed by atoms with Gasteiger partial charge in [0.15, 0.2) is 23.0 Å². The summed E-state index contributed by atoms with van der Waals surface area (Å²) in [6.07, 6.45) is 3.52. The van der Waals surface area contributed by atoms with Crippen LogP contribution in [0.4, 0.5) is 0 Å². The molecule has 0 saturated carbocycles. The average molecular weight is 462 g/mol. The van der Waals surface area contributed by atoms with Crippen LogP contribution in [0.25, 0.3) is 0 Å². The van der Waals surface area contributed by atoms with E-state index in [4.69, 9.17) is 9.47 Å². The summed E-state index contributed by atoms with van der Waals surface area (Å²) in [6.45, 7) is 6.95. The number of hydrogen-bond acceptors (Lipinski definition) is 5. The molecule has 2 aromatic carbocycles. The molecule has 2 aromatic rings. The number of ether oxygens (including phenoxy) is 2. The predicted molar refractivity (Wildman–Crippen MR) is 116 cm³/mol. The third-order valence-electron chi connectivity index (χ3n) is 5.78. The Morgan fingerprint density at radius 3 is 2.55 bits per heavy atom. The van der Waals surface area contributed by atoms with Crippen molar-refractivity contribution in [1.82, 2.24) is 4.90 Å². The summed E-state index contributed by atoms with van der Waals surface area (Å²) in [4.78, 5) is 2.42. The number of nitrogens with zero attached hydrogens (tertiary/aromatic N) is 1. The maximum Gasteiger partial charge on any atom is 0.165 e. The maximum absolute atomic E-state index is 10.5. The van der Waals surface area contributed by atoms with E-state index in [0.717, 1.165) is 48.8 Å². The summed E-state index contributed by atoms with van der Waals surface area (Å²) in [5.74, 6) is 1.59. The van der Waals surface area contributed by atoms with Gasteiger partial charge in [-0.1, -0.05) is 29.8 Å². The third-order valence-corrected chi connectivity index (χ3v) is 6.49. The van der Waals surface area contributed by atoms with E-state index < -0.39 is 0 Å². The van der Waals surface area contributed by atoms with Gasteiger partial charge >= 0.3 is 0 Å². The highest BCUT2D eigenvalue weighted by Gasteiger charge is 2.36. The number of aromatic hydroxyl groups is 2. The third kappa shape index (κ3) is 3.80. The van der Waals surface area contributed by atoms with Gasteiger partial charge in [-0.15, -0.1) is 0 Å². The SMILES string of the molecule is CCCOc1cc2c(cc1O)[C@@H]1Cc3c(Br)cc(O)c(OCCC)c3CN1CC2. The number of hydrogen-bond donors (Lipinski definition) is 2. The lowest BCUT2D eigenvalue weighted by Gasteiger charge is -2.42. The zero-order valence-electron chi connectivity index (χ0n) is 17.0. The zero-order valence-corrected chi connectivity index (χ0v) is 18.6. The molecule has 29 heavy (non-hydrogen) atoms. The molecule has 0 unspecified atom stereocenters. The van der Waals surface area contributed by atoms with Crippen molar-refractivity contribution in [2.24, 2.45) is 0 Å². The summed E-state index contributed by atoms with van der Waals surface area (Å²) in [7, 11) is 0. The highest BCUT2D eigenvalue weighted by atomic mass is 79.9. The van der Waals surface area contributed by atoms with Gasteiger partial charge in [-0.2, -0.15) is 0 Å². The van der Waals surface area contributed by atoms with Gasteiger partial charge in [-0.05, 0) is 60.6 Å². The van der Waals surface area contributed by atoms with Crippen LogP contribution in [0.5, 0.6) is 23.0 Å². The summed E-state index contributed by atoms with van der Waals surface area (Å²) in [5.41, 5.74) is 4.65. The molecule has 2 N–H and O–H groups in total. The number of halogens is 1. The topological polar surface area (TPSA) is 62.2 Å². The fourth-order valence-electron chi connectivity index (χ4n) is 4.38. The van der Waals surface area contributed by atoms with Gasteiger partial charge in [-0.3, -0.25) is 4.90 Å². The highest BCUT2D eigenvalue weighted by molar-refractivity contribution is 9.10. The Morgan fingerprint density at radius 2 is 1.79 bits per heavy atom. The first-order valence-electron chi connectivity index (χ1n) is 10.4.